The van der Waals surface area contributed by atoms with Crippen molar-refractivity contribution >= 4 is 5.97 Å². The van der Waals surface area contributed by atoms with Crippen molar-refractivity contribution in [3.05, 3.63) is 59.2 Å². The predicted octanol–water partition coefficient (Wildman–Crippen LogP) is 9.73. The molecule has 38 heavy (non-hydrogen) atoms. The van der Waals surface area contributed by atoms with E-state index in [1.807, 2.05) is 12.1 Å². The van der Waals surface area contributed by atoms with Gasteiger partial charge in [-0.15, -0.1) is 0 Å². The van der Waals surface area contributed by atoms with E-state index in [-0.39, 0.29) is 12.4 Å². The normalized spacial score (nSPS) is 18.2. The van der Waals surface area contributed by atoms with Gasteiger partial charge >= 0.3 is 5.97 Å². The molecule has 1 aliphatic rings. The lowest BCUT2D eigenvalue weighted by atomic mass is 9.77. The number of rotatable bonds is 15. The van der Waals surface area contributed by atoms with Gasteiger partial charge in [-0.05, 0) is 73.8 Å². The number of esters is 1. The molecule has 1 fully saturated rings. The number of unbranched alkanes of at least 4 members (excludes halogenated alkanes) is 5. The molecule has 210 valence electrons. The minimum Gasteiger partial charge on any atom is -0.487 e. The fourth-order valence-electron chi connectivity index (χ4n) is 5.29. The van der Waals surface area contributed by atoms with Crippen molar-refractivity contribution in [2.75, 3.05) is 6.61 Å². The third kappa shape index (κ3) is 9.06. The second-order valence-corrected chi connectivity index (χ2v) is 10.7. The van der Waals surface area contributed by atoms with E-state index < -0.39 is 35.1 Å². The van der Waals surface area contributed by atoms with Crippen LogP contribution in [0, 0.1) is 17.6 Å². The highest BCUT2D eigenvalue weighted by Gasteiger charge is 2.24. The Labute approximate surface area is 226 Å². The zero-order valence-corrected chi connectivity index (χ0v) is 23.0. The number of hydrogen-bond donors (Lipinski definition) is 0. The lowest BCUT2D eigenvalue weighted by Crippen LogP contribution is -2.16. The Morgan fingerprint density at radius 1 is 0.868 bits per heavy atom. The Kier molecular flexibility index (Phi) is 12.5. The molecule has 2 aromatic rings. The Morgan fingerprint density at radius 3 is 2.24 bits per heavy atom. The molecule has 1 saturated carbocycles. The molecule has 1 atom stereocenters. The summed E-state index contributed by atoms with van der Waals surface area (Å²) in [5.74, 6) is -2.49. The van der Waals surface area contributed by atoms with E-state index in [2.05, 4.69) is 13.8 Å². The molecule has 1 aliphatic carbocycles. The van der Waals surface area contributed by atoms with Crippen LogP contribution < -0.4 is 9.47 Å². The molecular formula is C32H43F3O3. The van der Waals surface area contributed by atoms with Gasteiger partial charge in [-0.2, -0.15) is 4.39 Å². The van der Waals surface area contributed by atoms with Crippen molar-refractivity contribution in [1.29, 1.82) is 0 Å². The van der Waals surface area contributed by atoms with Crippen LogP contribution in [0.25, 0.3) is 0 Å². The molecule has 6 heteroatoms. The van der Waals surface area contributed by atoms with Crippen LogP contribution in [0.2, 0.25) is 0 Å². The maximum atomic E-state index is 14.6. The van der Waals surface area contributed by atoms with Gasteiger partial charge in [-0.3, -0.25) is 0 Å². The standard InChI is InChI=1S/C32H43F3O3/c1-3-5-7-9-11-26(33)22-37-29-21-20-28(30(34)31(29)35)32(36)38-27-18-16-25(17-19-27)24-14-12-23(13-15-24)10-8-6-4-2/h16-21,23-24,26H,3-15,22H2,1-2H3. The summed E-state index contributed by atoms with van der Waals surface area (Å²) in [6.45, 7) is 3.95. The van der Waals surface area contributed by atoms with Gasteiger partial charge in [0.25, 0.3) is 0 Å². The van der Waals surface area contributed by atoms with Crippen molar-refractivity contribution in [2.45, 2.75) is 109 Å². The van der Waals surface area contributed by atoms with Crippen LogP contribution in [0.4, 0.5) is 13.2 Å². The van der Waals surface area contributed by atoms with E-state index in [1.165, 1.54) is 44.1 Å². The Bertz CT molecular complexity index is 984. The number of hydrogen-bond acceptors (Lipinski definition) is 3. The number of alkyl halides is 1. The summed E-state index contributed by atoms with van der Waals surface area (Å²) in [5.41, 5.74) is 0.684. The molecule has 0 saturated heterocycles. The van der Waals surface area contributed by atoms with Crippen LogP contribution in [-0.4, -0.2) is 18.7 Å². The molecule has 0 amide bonds. The number of halogens is 3. The molecule has 0 aliphatic heterocycles. The van der Waals surface area contributed by atoms with E-state index >= 15 is 0 Å². The molecule has 3 rings (SSSR count). The van der Waals surface area contributed by atoms with E-state index in [0.717, 1.165) is 56.6 Å². The summed E-state index contributed by atoms with van der Waals surface area (Å²) in [7, 11) is 0. The molecule has 0 heterocycles. The molecule has 0 N–H and O–H groups in total. The van der Waals surface area contributed by atoms with Crippen molar-refractivity contribution in [3.63, 3.8) is 0 Å². The number of benzene rings is 2. The quantitative estimate of drug-likeness (QED) is 0.130. The highest BCUT2D eigenvalue weighted by Crippen LogP contribution is 2.38. The zero-order valence-electron chi connectivity index (χ0n) is 23.0. The summed E-state index contributed by atoms with van der Waals surface area (Å²) in [6.07, 6.45) is 12.8. The second kappa shape index (κ2) is 15.8. The Hall–Kier alpha value is -2.50. The first kappa shape index (κ1) is 30.0. The van der Waals surface area contributed by atoms with E-state index in [4.69, 9.17) is 9.47 Å². The molecule has 1 unspecified atom stereocenters. The Balaban J connectivity index is 1.50. The fourth-order valence-corrected chi connectivity index (χ4v) is 5.29. The lowest BCUT2D eigenvalue weighted by molar-refractivity contribution is 0.0728. The van der Waals surface area contributed by atoms with Crippen molar-refractivity contribution in [2.24, 2.45) is 5.92 Å². The maximum Gasteiger partial charge on any atom is 0.346 e. The highest BCUT2D eigenvalue weighted by molar-refractivity contribution is 5.91. The largest absolute Gasteiger partial charge is 0.487 e. The van der Waals surface area contributed by atoms with Gasteiger partial charge in [0.15, 0.2) is 11.6 Å². The van der Waals surface area contributed by atoms with Crippen molar-refractivity contribution < 1.29 is 27.4 Å². The summed E-state index contributed by atoms with van der Waals surface area (Å²) in [5, 5.41) is 0. The van der Waals surface area contributed by atoms with E-state index in [0.29, 0.717) is 12.3 Å². The van der Waals surface area contributed by atoms with Crippen molar-refractivity contribution in [1.82, 2.24) is 0 Å². The van der Waals surface area contributed by atoms with Gasteiger partial charge in [-0.25, -0.2) is 13.6 Å². The van der Waals surface area contributed by atoms with E-state index in [9.17, 15) is 18.0 Å². The number of carbonyl (C=O) groups excluding carboxylic acids is 1. The first-order valence-electron chi connectivity index (χ1n) is 14.5. The molecular weight excluding hydrogens is 489 g/mol. The van der Waals surface area contributed by atoms with Crippen LogP contribution in [-0.2, 0) is 0 Å². The summed E-state index contributed by atoms with van der Waals surface area (Å²) >= 11 is 0. The van der Waals surface area contributed by atoms with Crippen LogP contribution in [0.5, 0.6) is 11.5 Å². The highest BCUT2D eigenvalue weighted by atomic mass is 19.2. The maximum absolute atomic E-state index is 14.6. The number of ether oxygens (including phenoxy) is 2. The van der Waals surface area contributed by atoms with Crippen molar-refractivity contribution in [3.8, 4) is 11.5 Å². The monoisotopic (exact) mass is 532 g/mol. The molecule has 0 radical (unpaired) electrons. The van der Waals surface area contributed by atoms with Gasteiger partial charge in [0.2, 0.25) is 5.82 Å². The van der Waals surface area contributed by atoms with Crippen LogP contribution in [0.1, 0.15) is 119 Å². The molecule has 2 aromatic carbocycles. The minimum atomic E-state index is -1.36. The third-order valence-corrected chi connectivity index (χ3v) is 7.68. The van der Waals surface area contributed by atoms with Crippen LogP contribution >= 0.6 is 0 Å². The van der Waals surface area contributed by atoms with Gasteiger partial charge in [0.05, 0.1) is 5.56 Å². The first-order valence-corrected chi connectivity index (χ1v) is 14.5. The summed E-state index contributed by atoms with van der Waals surface area (Å²) in [6, 6.07) is 9.56. The third-order valence-electron chi connectivity index (χ3n) is 7.68. The average molecular weight is 533 g/mol. The summed E-state index contributed by atoms with van der Waals surface area (Å²) in [4.78, 5) is 12.5. The first-order chi connectivity index (χ1) is 18.4. The number of carbonyl (C=O) groups is 1. The van der Waals surface area contributed by atoms with Gasteiger partial charge in [-0.1, -0.05) is 77.3 Å². The second-order valence-electron chi connectivity index (χ2n) is 10.7. The molecule has 0 aromatic heterocycles. The molecule has 0 bridgehead atoms. The molecule has 0 spiro atoms. The summed E-state index contributed by atoms with van der Waals surface area (Å²) < 4.78 is 53.6. The molecule has 3 nitrogen and oxygen atoms in total. The SMILES string of the molecule is CCCCCCC(F)COc1ccc(C(=O)Oc2ccc(C3CCC(CCCCC)CC3)cc2)c(F)c1F. The van der Waals surface area contributed by atoms with Gasteiger partial charge in [0.1, 0.15) is 18.5 Å². The predicted molar refractivity (Wildman–Crippen MR) is 146 cm³/mol. The van der Waals surface area contributed by atoms with Crippen LogP contribution in [0.15, 0.2) is 36.4 Å². The Morgan fingerprint density at radius 2 is 1.55 bits per heavy atom. The topological polar surface area (TPSA) is 35.5 Å². The average Bonchev–Trinajstić information content (AvgIpc) is 2.93. The lowest BCUT2D eigenvalue weighted by Gasteiger charge is -2.29. The van der Waals surface area contributed by atoms with E-state index in [1.54, 1.807) is 12.1 Å². The van der Waals surface area contributed by atoms with Gasteiger partial charge in [0, 0.05) is 0 Å². The minimum absolute atomic E-state index is 0.274. The fraction of sp³-hybridized carbons (Fsp3) is 0.594. The zero-order chi connectivity index (χ0) is 27.3. The smallest absolute Gasteiger partial charge is 0.346 e. The van der Waals surface area contributed by atoms with Crippen LogP contribution in [0.3, 0.4) is 0 Å². The van der Waals surface area contributed by atoms with Gasteiger partial charge < -0.3 is 9.47 Å².